The quantitative estimate of drug-likeness (QED) is 0.847. The van der Waals surface area contributed by atoms with Crippen LogP contribution in [0.4, 0.5) is 0 Å². The van der Waals surface area contributed by atoms with Crippen LogP contribution in [0.1, 0.15) is 22.3 Å². The molecule has 0 aliphatic heterocycles. The molecule has 0 heterocycles. The van der Waals surface area contributed by atoms with Crippen molar-refractivity contribution >= 4 is 32.6 Å². The highest BCUT2D eigenvalue weighted by Gasteiger charge is 2.09. The lowest BCUT2D eigenvalue weighted by atomic mass is 10.1. The predicted octanol–water partition coefficient (Wildman–Crippen LogP) is 2.26. The van der Waals surface area contributed by atoms with E-state index in [9.17, 15) is 9.00 Å². The van der Waals surface area contributed by atoms with Gasteiger partial charge >= 0.3 is 0 Å². The minimum absolute atomic E-state index is 0.0949. The Kier molecular flexibility index (Phi) is 5.85. The lowest BCUT2D eigenvalue weighted by molar-refractivity contribution is 0.0953. The zero-order valence-electron chi connectivity index (χ0n) is 9.96. The van der Waals surface area contributed by atoms with Crippen LogP contribution in [-0.2, 0) is 10.8 Å². The number of carbonyl (C=O) groups is 1. The van der Waals surface area contributed by atoms with Crippen LogP contribution in [-0.4, -0.2) is 28.7 Å². The fourth-order valence-electron chi connectivity index (χ4n) is 1.39. The summed E-state index contributed by atoms with van der Waals surface area (Å²) in [6.07, 6.45) is 2.40. The standard InChI is InChI=1S/C12H16BrNO2S/c1-9-4-5-11(13)10(8-9)12(15)14-6-3-7-17(2)16/h4-5,8H,3,6-7H2,1-2H3,(H,14,15). The van der Waals surface area contributed by atoms with Gasteiger partial charge in [0, 0.05) is 33.8 Å². The topological polar surface area (TPSA) is 46.2 Å². The van der Waals surface area contributed by atoms with Crippen molar-refractivity contribution in [3.63, 3.8) is 0 Å². The van der Waals surface area contributed by atoms with Gasteiger partial charge in [-0.15, -0.1) is 0 Å². The smallest absolute Gasteiger partial charge is 0.252 e. The highest BCUT2D eigenvalue weighted by Crippen LogP contribution is 2.17. The second kappa shape index (κ2) is 6.91. The van der Waals surface area contributed by atoms with Crippen molar-refractivity contribution in [1.82, 2.24) is 5.32 Å². The molecule has 1 atom stereocenters. The van der Waals surface area contributed by atoms with Crippen LogP contribution >= 0.6 is 15.9 Å². The Morgan fingerprint density at radius 2 is 2.18 bits per heavy atom. The molecule has 1 N–H and O–H groups in total. The van der Waals surface area contributed by atoms with Crippen molar-refractivity contribution in [2.24, 2.45) is 0 Å². The molecule has 1 amide bonds. The first-order valence-corrected chi connectivity index (χ1v) is 7.87. The van der Waals surface area contributed by atoms with Crippen molar-refractivity contribution in [2.75, 3.05) is 18.6 Å². The van der Waals surface area contributed by atoms with Crippen molar-refractivity contribution in [2.45, 2.75) is 13.3 Å². The zero-order chi connectivity index (χ0) is 12.8. The average Bonchev–Trinajstić information content (AvgIpc) is 2.27. The molecule has 3 nitrogen and oxygen atoms in total. The number of halogens is 1. The maximum Gasteiger partial charge on any atom is 0.252 e. The van der Waals surface area contributed by atoms with Gasteiger partial charge in [-0.05, 0) is 41.4 Å². The molecule has 0 radical (unpaired) electrons. The maximum atomic E-state index is 11.8. The number of aryl methyl sites for hydroxylation is 1. The zero-order valence-corrected chi connectivity index (χ0v) is 12.4. The molecule has 0 aliphatic carbocycles. The van der Waals surface area contributed by atoms with Gasteiger partial charge in [0.25, 0.3) is 5.91 Å². The summed E-state index contributed by atoms with van der Waals surface area (Å²) in [5.74, 6) is 0.525. The number of carbonyl (C=O) groups excluding carboxylic acids is 1. The predicted molar refractivity (Wildman–Crippen MR) is 74.8 cm³/mol. The van der Waals surface area contributed by atoms with E-state index in [1.807, 2.05) is 25.1 Å². The molecular weight excluding hydrogens is 302 g/mol. The highest BCUT2D eigenvalue weighted by molar-refractivity contribution is 9.10. The van der Waals surface area contributed by atoms with E-state index in [4.69, 9.17) is 0 Å². The molecule has 0 aromatic heterocycles. The summed E-state index contributed by atoms with van der Waals surface area (Å²) in [5, 5.41) is 2.82. The van der Waals surface area contributed by atoms with Crippen LogP contribution in [0.2, 0.25) is 0 Å². The summed E-state index contributed by atoms with van der Waals surface area (Å²) in [7, 11) is -0.793. The van der Waals surface area contributed by atoms with Crippen LogP contribution < -0.4 is 5.32 Å². The Morgan fingerprint density at radius 3 is 2.82 bits per heavy atom. The van der Waals surface area contributed by atoms with E-state index >= 15 is 0 Å². The van der Waals surface area contributed by atoms with Gasteiger partial charge in [-0.25, -0.2) is 0 Å². The Hall–Kier alpha value is -0.680. The van der Waals surface area contributed by atoms with Crippen molar-refractivity contribution < 1.29 is 9.00 Å². The third-order valence-electron chi connectivity index (χ3n) is 2.26. The van der Waals surface area contributed by atoms with Crippen LogP contribution in [0.25, 0.3) is 0 Å². The summed E-state index contributed by atoms with van der Waals surface area (Å²) in [6, 6.07) is 5.66. The summed E-state index contributed by atoms with van der Waals surface area (Å²) in [4.78, 5) is 11.8. The second-order valence-electron chi connectivity index (χ2n) is 3.87. The Morgan fingerprint density at radius 1 is 1.47 bits per heavy atom. The van der Waals surface area contributed by atoms with Crippen LogP contribution in [0.5, 0.6) is 0 Å². The first-order chi connectivity index (χ1) is 8.00. The molecule has 0 saturated heterocycles. The highest BCUT2D eigenvalue weighted by atomic mass is 79.9. The first kappa shape index (κ1) is 14.4. The van der Waals surface area contributed by atoms with Crippen molar-refractivity contribution in [1.29, 1.82) is 0 Å². The lowest BCUT2D eigenvalue weighted by Crippen LogP contribution is -2.25. The number of amides is 1. The normalized spacial score (nSPS) is 12.2. The second-order valence-corrected chi connectivity index (χ2v) is 6.28. The molecule has 1 aromatic rings. The largest absolute Gasteiger partial charge is 0.352 e. The minimum Gasteiger partial charge on any atom is -0.352 e. The van der Waals surface area contributed by atoms with Gasteiger partial charge in [-0.1, -0.05) is 11.6 Å². The molecule has 0 fully saturated rings. The first-order valence-electron chi connectivity index (χ1n) is 5.35. The molecular formula is C12H16BrNO2S. The number of benzene rings is 1. The van der Waals surface area contributed by atoms with E-state index in [2.05, 4.69) is 21.2 Å². The van der Waals surface area contributed by atoms with Gasteiger partial charge < -0.3 is 5.32 Å². The Bertz CT molecular complexity index is 435. The molecule has 94 valence electrons. The monoisotopic (exact) mass is 317 g/mol. The van der Waals surface area contributed by atoms with E-state index in [1.54, 1.807) is 6.26 Å². The third-order valence-corrected chi connectivity index (χ3v) is 3.82. The lowest BCUT2D eigenvalue weighted by Gasteiger charge is -2.07. The van der Waals surface area contributed by atoms with Gasteiger partial charge in [0.1, 0.15) is 0 Å². The van der Waals surface area contributed by atoms with Crippen molar-refractivity contribution in [3.05, 3.63) is 33.8 Å². The molecule has 1 unspecified atom stereocenters. The molecule has 0 spiro atoms. The molecule has 0 aliphatic rings. The van der Waals surface area contributed by atoms with Crippen LogP contribution in [0, 0.1) is 6.92 Å². The SMILES string of the molecule is Cc1ccc(Br)c(C(=O)NCCCS(C)=O)c1. The van der Waals surface area contributed by atoms with E-state index < -0.39 is 10.8 Å². The fraction of sp³-hybridized carbons (Fsp3) is 0.417. The molecule has 0 saturated carbocycles. The Labute approximate surface area is 113 Å². The Balaban J connectivity index is 2.52. The number of nitrogens with one attached hydrogen (secondary N) is 1. The fourth-order valence-corrected chi connectivity index (χ4v) is 2.36. The maximum absolute atomic E-state index is 11.8. The molecule has 17 heavy (non-hydrogen) atoms. The average molecular weight is 318 g/mol. The van der Waals surface area contributed by atoms with Crippen LogP contribution in [0.15, 0.2) is 22.7 Å². The summed E-state index contributed by atoms with van der Waals surface area (Å²) in [5.41, 5.74) is 1.69. The molecule has 0 bridgehead atoms. The van der Waals surface area contributed by atoms with E-state index in [0.717, 1.165) is 16.5 Å². The van der Waals surface area contributed by atoms with Gasteiger partial charge in [0.2, 0.25) is 0 Å². The minimum atomic E-state index is -0.793. The van der Waals surface area contributed by atoms with Gasteiger partial charge in [-0.2, -0.15) is 0 Å². The van der Waals surface area contributed by atoms with E-state index in [-0.39, 0.29) is 5.91 Å². The summed E-state index contributed by atoms with van der Waals surface area (Å²) < 4.78 is 11.6. The van der Waals surface area contributed by atoms with Crippen molar-refractivity contribution in [3.8, 4) is 0 Å². The van der Waals surface area contributed by atoms with Gasteiger partial charge in [0.05, 0.1) is 5.56 Å². The van der Waals surface area contributed by atoms with Gasteiger partial charge in [-0.3, -0.25) is 9.00 Å². The number of rotatable bonds is 5. The van der Waals surface area contributed by atoms with E-state index in [1.165, 1.54) is 0 Å². The number of hydrogen-bond donors (Lipinski definition) is 1. The summed E-state index contributed by atoms with van der Waals surface area (Å²) in [6.45, 7) is 2.50. The third kappa shape index (κ3) is 5.00. The van der Waals surface area contributed by atoms with Crippen LogP contribution in [0.3, 0.4) is 0 Å². The molecule has 1 aromatic carbocycles. The number of hydrogen-bond acceptors (Lipinski definition) is 2. The molecule has 1 rings (SSSR count). The van der Waals surface area contributed by atoms with E-state index in [0.29, 0.717) is 17.9 Å². The summed E-state index contributed by atoms with van der Waals surface area (Å²) >= 11 is 3.35. The van der Waals surface area contributed by atoms with Gasteiger partial charge in [0.15, 0.2) is 0 Å². The molecule has 5 heteroatoms.